The number of carbonyl (C=O) groups excluding carboxylic acids is 2. The second-order valence-corrected chi connectivity index (χ2v) is 6.85. The van der Waals surface area contributed by atoms with Crippen LogP contribution < -0.4 is 5.32 Å². The number of Topliss-reactive ketones (excluding diaryl/α,β-unsaturated/α-hetero) is 1. The second kappa shape index (κ2) is 7.15. The van der Waals surface area contributed by atoms with Gasteiger partial charge in [0.25, 0.3) is 11.7 Å². The molecule has 1 atom stereocenters. The van der Waals surface area contributed by atoms with Crippen molar-refractivity contribution in [3.63, 3.8) is 0 Å². The van der Waals surface area contributed by atoms with Gasteiger partial charge in [0.1, 0.15) is 0 Å². The number of hydrogen-bond donors (Lipinski definition) is 2. The number of ketones is 1. The van der Waals surface area contributed by atoms with E-state index in [4.69, 9.17) is 0 Å². The summed E-state index contributed by atoms with van der Waals surface area (Å²) in [5.41, 5.74) is 2.97. The fourth-order valence-electron chi connectivity index (χ4n) is 2.92. The highest BCUT2D eigenvalue weighted by molar-refractivity contribution is 7.98. The lowest BCUT2D eigenvalue weighted by molar-refractivity contribution is -0.117. The van der Waals surface area contributed by atoms with E-state index in [-0.39, 0.29) is 6.04 Å². The Morgan fingerprint density at radius 3 is 2.44 bits per heavy atom. The summed E-state index contributed by atoms with van der Waals surface area (Å²) in [5, 5.41) is 3.58. The number of H-pyrrole nitrogens is 1. The van der Waals surface area contributed by atoms with Crippen molar-refractivity contribution < 1.29 is 9.59 Å². The van der Waals surface area contributed by atoms with E-state index >= 15 is 0 Å². The molecule has 0 saturated carbocycles. The van der Waals surface area contributed by atoms with Crippen molar-refractivity contribution in [2.45, 2.75) is 24.8 Å². The van der Waals surface area contributed by atoms with Gasteiger partial charge in [0.15, 0.2) is 0 Å². The maximum Gasteiger partial charge on any atom is 0.292 e. The van der Waals surface area contributed by atoms with Crippen LogP contribution in [-0.4, -0.2) is 22.9 Å². The molecule has 0 bridgehead atoms. The maximum absolute atomic E-state index is 12.7. The van der Waals surface area contributed by atoms with Crippen LogP contribution in [0.5, 0.6) is 0 Å². The van der Waals surface area contributed by atoms with E-state index < -0.39 is 11.7 Å². The molecule has 5 heteroatoms. The standard InChI is InChI=1S/C20H20N2O2S/c1-12(14-8-10-15(25-3)11-9-14)22-20(24)19(23)18-13(2)21-17-7-5-4-6-16(17)18/h4-12,21H,1-3H3,(H,22,24). The molecule has 128 valence electrons. The highest BCUT2D eigenvalue weighted by Gasteiger charge is 2.24. The first-order valence-electron chi connectivity index (χ1n) is 8.07. The molecule has 0 aliphatic rings. The van der Waals surface area contributed by atoms with Crippen LogP contribution in [0.4, 0.5) is 0 Å². The topological polar surface area (TPSA) is 62.0 Å². The van der Waals surface area contributed by atoms with Gasteiger partial charge in [-0.3, -0.25) is 9.59 Å². The zero-order valence-corrected chi connectivity index (χ0v) is 15.2. The van der Waals surface area contributed by atoms with Crippen molar-refractivity contribution in [2.24, 2.45) is 0 Å². The number of thioether (sulfide) groups is 1. The number of carbonyl (C=O) groups is 2. The second-order valence-electron chi connectivity index (χ2n) is 5.97. The minimum Gasteiger partial charge on any atom is -0.358 e. The number of rotatable bonds is 5. The molecule has 0 saturated heterocycles. The number of nitrogens with one attached hydrogen (secondary N) is 2. The molecule has 0 radical (unpaired) electrons. The molecule has 0 spiro atoms. The van der Waals surface area contributed by atoms with Gasteiger partial charge < -0.3 is 10.3 Å². The lowest BCUT2D eigenvalue weighted by Crippen LogP contribution is -2.33. The summed E-state index contributed by atoms with van der Waals surface area (Å²) in [7, 11) is 0. The van der Waals surface area contributed by atoms with Crippen molar-refractivity contribution in [2.75, 3.05) is 6.26 Å². The highest BCUT2D eigenvalue weighted by Crippen LogP contribution is 2.23. The van der Waals surface area contributed by atoms with Crippen molar-refractivity contribution in [1.82, 2.24) is 10.3 Å². The summed E-state index contributed by atoms with van der Waals surface area (Å²) < 4.78 is 0. The summed E-state index contributed by atoms with van der Waals surface area (Å²) >= 11 is 1.66. The molecule has 1 unspecified atom stereocenters. The lowest BCUT2D eigenvalue weighted by Gasteiger charge is -2.14. The number of aromatic nitrogens is 1. The van der Waals surface area contributed by atoms with Gasteiger partial charge >= 0.3 is 0 Å². The smallest absolute Gasteiger partial charge is 0.292 e. The number of aryl methyl sites for hydroxylation is 1. The Hall–Kier alpha value is -2.53. The third-order valence-electron chi connectivity index (χ3n) is 4.29. The van der Waals surface area contributed by atoms with Gasteiger partial charge in [-0.2, -0.15) is 0 Å². The summed E-state index contributed by atoms with van der Waals surface area (Å²) in [6.45, 7) is 3.69. The Kier molecular flexibility index (Phi) is 4.95. The zero-order chi connectivity index (χ0) is 18.0. The first-order chi connectivity index (χ1) is 12.0. The van der Waals surface area contributed by atoms with Gasteiger partial charge in [0.05, 0.1) is 11.6 Å². The predicted molar refractivity (Wildman–Crippen MR) is 102 cm³/mol. The Morgan fingerprint density at radius 1 is 1.08 bits per heavy atom. The molecule has 1 heterocycles. The minimum atomic E-state index is -0.589. The van der Waals surface area contributed by atoms with Crippen molar-refractivity contribution >= 4 is 34.4 Å². The molecule has 2 aromatic carbocycles. The van der Waals surface area contributed by atoms with Crippen LogP contribution in [-0.2, 0) is 4.79 Å². The molecule has 0 aliphatic heterocycles. The van der Waals surface area contributed by atoms with E-state index in [9.17, 15) is 9.59 Å². The molecular weight excluding hydrogens is 332 g/mol. The Bertz CT molecular complexity index is 929. The fraction of sp³-hybridized carbons (Fsp3) is 0.200. The summed E-state index contributed by atoms with van der Waals surface area (Å²) in [4.78, 5) is 29.5. The van der Waals surface area contributed by atoms with Crippen molar-refractivity contribution in [3.8, 4) is 0 Å². The van der Waals surface area contributed by atoms with E-state index in [1.54, 1.807) is 11.8 Å². The first kappa shape index (κ1) is 17.3. The van der Waals surface area contributed by atoms with Gasteiger partial charge in [-0.1, -0.05) is 30.3 Å². The Morgan fingerprint density at radius 2 is 1.76 bits per heavy atom. The number of para-hydroxylation sites is 1. The van der Waals surface area contributed by atoms with E-state index in [2.05, 4.69) is 10.3 Å². The summed E-state index contributed by atoms with van der Waals surface area (Å²) in [5.74, 6) is -1.10. The minimum absolute atomic E-state index is 0.238. The van der Waals surface area contributed by atoms with Gasteiger partial charge in [0.2, 0.25) is 0 Å². The summed E-state index contributed by atoms with van der Waals surface area (Å²) in [6.07, 6.45) is 2.02. The monoisotopic (exact) mass is 352 g/mol. The predicted octanol–water partition coefficient (Wildman–Crippen LogP) is 4.26. The van der Waals surface area contributed by atoms with Crippen molar-refractivity contribution in [3.05, 3.63) is 65.4 Å². The zero-order valence-electron chi connectivity index (χ0n) is 14.4. The van der Waals surface area contributed by atoms with Crippen LogP contribution in [0.15, 0.2) is 53.4 Å². The summed E-state index contributed by atoms with van der Waals surface area (Å²) in [6, 6.07) is 15.2. The van der Waals surface area contributed by atoms with E-state index in [1.165, 1.54) is 0 Å². The average molecular weight is 352 g/mol. The molecule has 1 amide bonds. The number of aromatic amines is 1. The normalized spacial score (nSPS) is 12.1. The molecule has 3 rings (SSSR count). The van der Waals surface area contributed by atoms with Gasteiger partial charge in [-0.25, -0.2) is 0 Å². The van der Waals surface area contributed by atoms with Crippen LogP contribution in [0.3, 0.4) is 0 Å². The van der Waals surface area contributed by atoms with Crippen molar-refractivity contribution in [1.29, 1.82) is 0 Å². The van der Waals surface area contributed by atoms with E-state index in [0.29, 0.717) is 11.3 Å². The van der Waals surface area contributed by atoms with Crippen LogP contribution in [0.2, 0.25) is 0 Å². The third-order valence-corrected chi connectivity index (χ3v) is 5.03. The van der Waals surface area contributed by atoms with Crippen LogP contribution in [0, 0.1) is 6.92 Å². The first-order valence-corrected chi connectivity index (χ1v) is 9.30. The average Bonchev–Trinajstić information content (AvgIpc) is 2.96. The molecule has 4 nitrogen and oxygen atoms in total. The Balaban J connectivity index is 1.80. The highest BCUT2D eigenvalue weighted by atomic mass is 32.2. The molecule has 0 aliphatic carbocycles. The van der Waals surface area contributed by atoms with Crippen LogP contribution in [0.25, 0.3) is 10.9 Å². The van der Waals surface area contributed by atoms with Crippen LogP contribution in [0.1, 0.15) is 34.6 Å². The fourth-order valence-corrected chi connectivity index (χ4v) is 3.33. The lowest BCUT2D eigenvalue weighted by atomic mass is 10.0. The van der Waals surface area contributed by atoms with Gasteiger partial charge in [0, 0.05) is 21.5 Å². The number of fused-ring (bicyclic) bond motifs is 1. The molecule has 2 N–H and O–H groups in total. The SMILES string of the molecule is CSc1ccc(C(C)NC(=O)C(=O)c2c(C)[nH]c3ccccc23)cc1. The molecular formula is C20H20N2O2S. The third kappa shape index (κ3) is 3.46. The maximum atomic E-state index is 12.7. The molecule has 25 heavy (non-hydrogen) atoms. The van der Waals surface area contributed by atoms with E-state index in [1.807, 2.05) is 68.6 Å². The number of hydrogen-bond acceptors (Lipinski definition) is 3. The molecule has 3 aromatic rings. The van der Waals surface area contributed by atoms with Gasteiger partial charge in [-0.05, 0) is 43.9 Å². The molecule has 0 fully saturated rings. The van der Waals surface area contributed by atoms with E-state index in [0.717, 1.165) is 21.4 Å². The Labute approximate surface area is 151 Å². The largest absolute Gasteiger partial charge is 0.358 e. The number of amides is 1. The molecule has 1 aromatic heterocycles. The van der Waals surface area contributed by atoms with Crippen LogP contribution >= 0.6 is 11.8 Å². The van der Waals surface area contributed by atoms with Gasteiger partial charge in [-0.15, -0.1) is 11.8 Å². The quantitative estimate of drug-likeness (QED) is 0.410. The number of benzene rings is 2.